The summed E-state index contributed by atoms with van der Waals surface area (Å²) >= 11 is 0. The number of aliphatic hydroxyl groups excluding tert-OH is 6. The predicted molar refractivity (Wildman–Crippen MR) is 278 cm³/mol. The quantitative estimate of drug-likeness (QED) is 0.0414. The molecule has 0 saturated carbocycles. The van der Waals surface area contributed by atoms with Crippen molar-refractivity contribution in [1.29, 1.82) is 0 Å². The Bertz CT molecular complexity index is 708. The molecular weight excluding hydrogens is 1050 g/mol. The van der Waals surface area contributed by atoms with Gasteiger partial charge in [-0.1, -0.05) is 0 Å². The second-order valence-corrected chi connectivity index (χ2v) is 19.7. The summed E-state index contributed by atoms with van der Waals surface area (Å²) in [5.74, 6) is 0. The molecule has 0 heterocycles. The molecular formula is C48H116N8Ni4O8. The van der Waals surface area contributed by atoms with Gasteiger partial charge in [-0.3, -0.25) is 56.4 Å². The third-order valence-corrected chi connectivity index (χ3v) is 9.33. The van der Waals surface area contributed by atoms with Crippen molar-refractivity contribution in [3.05, 3.63) is 56.4 Å². The van der Waals surface area contributed by atoms with Gasteiger partial charge in [0.15, 0.2) is 0 Å². The fourth-order valence-corrected chi connectivity index (χ4v) is 3.21. The van der Waals surface area contributed by atoms with Gasteiger partial charge in [0, 0.05) is 28.4 Å². The zero-order valence-electron chi connectivity index (χ0n) is 47.3. The summed E-state index contributed by atoms with van der Waals surface area (Å²) in [7, 11) is 33.6. The van der Waals surface area contributed by atoms with Gasteiger partial charge in [0.25, 0.3) is 0 Å². The largest absolute Gasteiger partial charge is 2.00 e. The maximum absolute atomic E-state index is 7.61. The summed E-state index contributed by atoms with van der Waals surface area (Å²) < 4.78 is 0. The topological polar surface area (TPSA) is 258 Å². The molecule has 0 fully saturated rings. The minimum atomic E-state index is -1.17. The second kappa shape index (κ2) is 60.9. The van der Waals surface area contributed by atoms with E-state index in [0.717, 1.165) is 79.8 Å². The number of rotatable bonds is 20. The minimum absolute atomic E-state index is 0. The minimum Gasteiger partial charge on any atom is -0.468 e. The molecule has 0 radical (unpaired) electrons. The van der Waals surface area contributed by atoms with Crippen LogP contribution in [0, 0.1) is 56.4 Å². The van der Waals surface area contributed by atoms with Crippen molar-refractivity contribution in [2.45, 2.75) is 233 Å². The van der Waals surface area contributed by atoms with Gasteiger partial charge in [-0.25, -0.2) is 0 Å². The van der Waals surface area contributed by atoms with Gasteiger partial charge >= 0.3 is 66.0 Å². The van der Waals surface area contributed by atoms with Crippen molar-refractivity contribution < 1.29 is 107 Å². The number of nitrogens with one attached hydrogen (secondary N) is 8. The Morgan fingerprint density at radius 3 is 0.324 bits per heavy atom. The van der Waals surface area contributed by atoms with E-state index >= 15 is 0 Å². The Kier molecular flexibility index (Phi) is 94.7. The normalized spacial score (nSPS) is 10.9. The molecule has 16 nitrogen and oxygen atoms in total. The molecule has 0 rings (SSSR count). The third-order valence-electron chi connectivity index (χ3n) is 9.33. The van der Waals surface area contributed by atoms with Crippen LogP contribution in [0.2, 0.25) is 0 Å². The summed E-state index contributed by atoms with van der Waals surface area (Å²) in [6, 6.07) is 0. The Labute approximate surface area is 464 Å². The van der Waals surface area contributed by atoms with Crippen LogP contribution in [-0.2, 0) is 66.0 Å². The van der Waals surface area contributed by atoms with Crippen molar-refractivity contribution in [2.24, 2.45) is 0 Å². The zero-order chi connectivity index (χ0) is 54.5. The van der Waals surface area contributed by atoms with Crippen LogP contribution in [0.25, 0.3) is 0 Å². The average Bonchev–Trinajstić information content (AvgIpc) is 3.24. The van der Waals surface area contributed by atoms with Crippen LogP contribution in [0.15, 0.2) is 0 Å². The molecule has 16 N–H and O–H groups in total. The second-order valence-electron chi connectivity index (χ2n) is 19.7. The molecule has 0 aliphatic carbocycles. The van der Waals surface area contributed by atoms with Gasteiger partial charge in [-0.2, -0.15) is 0 Å². The van der Waals surface area contributed by atoms with Gasteiger partial charge < -0.3 is 83.4 Å². The van der Waals surface area contributed by atoms with Crippen LogP contribution in [0.5, 0.6) is 0 Å². The van der Waals surface area contributed by atoms with Gasteiger partial charge in [0.05, 0.1) is 0 Å². The summed E-state index contributed by atoms with van der Waals surface area (Å²) in [4.78, 5) is 0. The van der Waals surface area contributed by atoms with Gasteiger partial charge in [-0.15, -0.1) is 0 Å². The number of hydrogen-bond acceptors (Lipinski definition) is 16. The van der Waals surface area contributed by atoms with E-state index < -0.39 is 12.6 Å². The van der Waals surface area contributed by atoms with E-state index in [1.807, 2.05) is 0 Å². The van der Waals surface area contributed by atoms with Crippen LogP contribution < -0.4 is 42.5 Å². The Hall–Kier alpha value is 1.33. The first-order valence-electron chi connectivity index (χ1n) is 21.6. The van der Waals surface area contributed by atoms with Crippen LogP contribution >= 0.6 is 0 Å². The van der Waals surface area contributed by atoms with Crippen LogP contribution in [0.4, 0.5) is 0 Å². The van der Waals surface area contributed by atoms with Crippen molar-refractivity contribution in [3.8, 4) is 0 Å². The standard InChI is InChI=1S/4C10H22N2.2C2H6O2.4CH4O.4Ni/c4*1-9(2,11-5)7-8-10(3,4)12-6;2*1-2(3)4;4*1-2;;;;/h4*11-12H,5-8H2,1-4H3;2*2-4H,1H3;4*2H,1H3;;;;/q4*-2;;;;;;;4*+2. The number of hydrogen-bond donors (Lipinski definition) is 16. The van der Waals surface area contributed by atoms with Crippen LogP contribution in [0.3, 0.4) is 0 Å². The van der Waals surface area contributed by atoms with Crippen LogP contribution in [0.1, 0.15) is 176 Å². The molecule has 0 aliphatic heterocycles. The molecule has 0 aliphatic rings. The Balaban J connectivity index is -0.0000000423. The van der Waals surface area contributed by atoms with E-state index in [2.05, 4.69) is 210 Å². The molecule has 0 atom stereocenters. The van der Waals surface area contributed by atoms with Gasteiger partial charge in [0.2, 0.25) is 0 Å². The molecule has 0 aromatic rings. The summed E-state index contributed by atoms with van der Waals surface area (Å²) in [5, 5.41) is 82.8. The summed E-state index contributed by atoms with van der Waals surface area (Å²) in [5.41, 5.74) is 0.953. The smallest absolute Gasteiger partial charge is 0.468 e. The number of aliphatic hydroxyl groups is 8. The van der Waals surface area contributed by atoms with E-state index in [1.54, 1.807) is 0 Å². The van der Waals surface area contributed by atoms with Crippen molar-refractivity contribution in [3.63, 3.8) is 0 Å². The predicted octanol–water partition coefficient (Wildman–Crippen LogP) is 5.40. The maximum Gasteiger partial charge on any atom is 2.00 e. The fraction of sp³-hybridized carbons (Fsp3) is 0.833. The molecule has 68 heavy (non-hydrogen) atoms. The molecule has 0 aromatic heterocycles. The maximum atomic E-state index is 7.61. The first-order valence-corrected chi connectivity index (χ1v) is 21.6. The van der Waals surface area contributed by atoms with Crippen molar-refractivity contribution in [1.82, 2.24) is 42.5 Å². The SMILES string of the molecule is CC(O)O.CC(O)O.CO.CO.CO.CO.[CH2-]NC(C)(C)CCC(C)(C)N[CH2-].[CH2-]NC(C)(C)CCC(C)(C)N[CH2-].[CH2-]NC(C)(C)CCC(C)(C)N[CH2-].[CH2-]NC(C)(C)CCC(C)(C)N[CH2-].[Ni+2].[Ni+2].[Ni+2].[Ni+2]. The molecule has 0 bridgehead atoms. The Morgan fingerprint density at radius 2 is 0.294 bits per heavy atom. The fourth-order valence-electron chi connectivity index (χ4n) is 3.21. The molecule has 0 unspecified atom stereocenters. The van der Waals surface area contributed by atoms with E-state index in [9.17, 15) is 0 Å². The van der Waals surface area contributed by atoms with E-state index in [0.29, 0.717) is 0 Å². The average molecular weight is 1170 g/mol. The van der Waals surface area contributed by atoms with Crippen molar-refractivity contribution in [2.75, 3.05) is 28.4 Å². The van der Waals surface area contributed by atoms with E-state index in [-0.39, 0.29) is 110 Å². The van der Waals surface area contributed by atoms with E-state index in [1.165, 1.54) is 13.8 Å². The monoisotopic (exact) mass is 1160 g/mol. The van der Waals surface area contributed by atoms with Gasteiger partial charge in [-0.05, 0) is 220 Å². The molecule has 436 valence electrons. The summed E-state index contributed by atoms with van der Waals surface area (Å²) in [6.07, 6.45) is 6.38. The molecule has 20 heteroatoms. The Morgan fingerprint density at radius 1 is 0.250 bits per heavy atom. The first-order chi connectivity index (χ1) is 28.8. The van der Waals surface area contributed by atoms with Gasteiger partial charge in [0.1, 0.15) is 12.6 Å². The molecule has 0 saturated heterocycles. The van der Waals surface area contributed by atoms with E-state index in [4.69, 9.17) is 40.9 Å². The molecule has 0 aromatic carbocycles. The van der Waals surface area contributed by atoms with Crippen molar-refractivity contribution >= 4 is 0 Å². The molecule has 0 spiro atoms. The van der Waals surface area contributed by atoms with Crippen LogP contribution in [-0.4, -0.2) is 126 Å². The molecule has 0 amide bonds. The first kappa shape index (κ1) is 106. The summed E-state index contributed by atoms with van der Waals surface area (Å²) in [6.45, 7) is 37.0. The third kappa shape index (κ3) is 104. The zero-order valence-corrected chi connectivity index (χ0v) is 51.3.